The van der Waals surface area contributed by atoms with Crippen LogP contribution in [-0.4, -0.2) is 5.78 Å². The molecule has 0 heterocycles. The maximum Gasteiger partial charge on any atom is 0.132 e. The van der Waals surface area contributed by atoms with Gasteiger partial charge in [0.2, 0.25) is 0 Å². The first-order chi connectivity index (χ1) is 4.24. The Kier molecular flexibility index (Phi) is 1.89. The van der Waals surface area contributed by atoms with Gasteiger partial charge >= 0.3 is 0 Å². The Morgan fingerprint density at radius 3 is 2.44 bits per heavy atom. The molecule has 1 heteroatoms. The van der Waals surface area contributed by atoms with Crippen LogP contribution in [0.1, 0.15) is 33.1 Å². The van der Waals surface area contributed by atoms with Gasteiger partial charge in [-0.1, -0.05) is 13.3 Å². The molecule has 1 aliphatic carbocycles. The molecule has 0 amide bonds. The Hall–Kier alpha value is -0.330. The Bertz CT molecular complexity index is 112. The van der Waals surface area contributed by atoms with Crippen LogP contribution in [0.2, 0.25) is 0 Å². The summed E-state index contributed by atoms with van der Waals surface area (Å²) in [7, 11) is 0. The van der Waals surface area contributed by atoms with Crippen LogP contribution in [0.5, 0.6) is 0 Å². The molecule has 0 aromatic rings. The second-order valence-electron chi connectivity index (χ2n) is 3.05. The van der Waals surface area contributed by atoms with Crippen LogP contribution < -0.4 is 0 Å². The third-order valence-electron chi connectivity index (χ3n) is 2.39. The monoisotopic (exact) mass is 126 g/mol. The minimum atomic E-state index is 0.389. The molecule has 0 spiro atoms. The summed E-state index contributed by atoms with van der Waals surface area (Å²) in [5.74, 6) is 1.67. The molecule has 0 radical (unpaired) electrons. The van der Waals surface area contributed by atoms with Crippen LogP contribution >= 0.6 is 0 Å². The highest BCUT2D eigenvalue weighted by atomic mass is 16.1. The predicted octanol–water partition coefficient (Wildman–Crippen LogP) is 2.01. The molecular formula is C8H14O. The number of carbonyl (C=O) groups is 1. The van der Waals surface area contributed by atoms with E-state index in [1.807, 2.05) is 0 Å². The number of carbonyl (C=O) groups excluding carboxylic acids is 1. The summed E-state index contributed by atoms with van der Waals surface area (Å²) in [6, 6.07) is 0. The van der Waals surface area contributed by atoms with Crippen molar-refractivity contribution in [1.29, 1.82) is 0 Å². The smallest absolute Gasteiger partial charge is 0.132 e. The Morgan fingerprint density at radius 2 is 2.11 bits per heavy atom. The van der Waals surface area contributed by atoms with Gasteiger partial charge in [-0.05, 0) is 25.7 Å². The largest absolute Gasteiger partial charge is 0.300 e. The van der Waals surface area contributed by atoms with Crippen molar-refractivity contribution in [3.05, 3.63) is 0 Å². The van der Waals surface area contributed by atoms with Gasteiger partial charge in [0.25, 0.3) is 0 Å². The van der Waals surface area contributed by atoms with E-state index in [2.05, 4.69) is 6.92 Å². The van der Waals surface area contributed by atoms with Crippen LogP contribution in [-0.2, 0) is 4.79 Å². The molecule has 0 aromatic heterocycles. The molecule has 0 aromatic carbocycles. The molecule has 1 rings (SSSR count). The van der Waals surface area contributed by atoms with E-state index in [1.54, 1.807) is 6.92 Å². The van der Waals surface area contributed by atoms with E-state index in [1.165, 1.54) is 6.42 Å². The van der Waals surface area contributed by atoms with Gasteiger partial charge in [0.05, 0.1) is 0 Å². The first kappa shape index (κ1) is 6.79. The molecule has 0 atom stereocenters. The van der Waals surface area contributed by atoms with Gasteiger partial charge in [-0.15, -0.1) is 0 Å². The normalized spacial score (nSPS) is 33.6. The van der Waals surface area contributed by atoms with Crippen LogP contribution in [0.4, 0.5) is 0 Å². The minimum Gasteiger partial charge on any atom is -0.300 e. The fourth-order valence-electron chi connectivity index (χ4n) is 1.40. The maximum absolute atomic E-state index is 10.7. The van der Waals surface area contributed by atoms with Gasteiger partial charge < -0.3 is 0 Å². The summed E-state index contributed by atoms with van der Waals surface area (Å²) in [5.41, 5.74) is 0. The van der Waals surface area contributed by atoms with E-state index in [9.17, 15) is 4.79 Å². The average molecular weight is 126 g/mol. The topological polar surface area (TPSA) is 17.1 Å². The van der Waals surface area contributed by atoms with Crippen LogP contribution in [0.15, 0.2) is 0 Å². The predicted molar refractivity (Wildman–Crippen MR) is 37.2 cm³/mol. The summed E-state index contributed by atoms with van der Waals surface area (Å²) in [5, 5.41) is 0. The maximum atomic E-state index is 10.7. The highest BCUT2D eigenvalue weighted by Gasteiger charge is 2.30. The zero-order valence-electron chi connectivity index (χ0n) is 6.18. The van der Waals surface area contributed by atoms with Gasteiger partial charge in [-0.2, -0.15) is 0 Å². The van der Waals surface area contributed by atoms with Crippen LogP contribution in [0.3, 0.4) is 0 Å². The van der Waals surface area contributed by atoms with Gasteiger partial charge in [0, 0.05) is 5.92 Å². The standard InChI is InChI=1S/C8H14O/c1-3-7-4-8(5-7)6(2)9/h7-8H,3-5H2,1-2H3/t7-,8-. The summed E-state index contributed by atoms with van der Waals surface area (Å²) in [6.45, 7) is 3.90. The Labute approximate surface area is 56.4 Å². The fraction of sp³-hybridized carbons (Fsp3) is 0.875. The molecule has 9 heavy (non-hydrogen) atoms. The number of hydrogen-bond acceptors (Lipinski definition) is 1. The molecule has 52 valence electrons. The molecule has 1 fully saturated rings. The Balaban J connectivity index is 2.19. The molecular weight excluding hydrogens is 112 g/mol. The van der Waals surface area contributed by atoms with Crippen molar-refractivity contribution >= 4 is 5.78 Å². The van der Waals surface area contributed by atoms with Crippen LogP contribution in [0.25, 0.3) is 0 Å². The summed E-state index contributed by atoms with van der Waals surface area (Å²) in [4.78, 5) is 10.7. The number of hydrogen-bond donors (Lipinski definition) is 0. The first-order valence-corrected chi connectivity index (χ1v) is 3.74. The summed E-state index contributed by atoms with van der Waals surface area (Å²) < 4.78 is 0. The second-order valence-corrected chi connectivity index (χ2v) is 3.05. The lowest BCUT2D eigenvalue weighted by atomic mass is 9.72. The Morgan fingerprint density at radius 1 is 1.56 bits per heavy atom. The van der Waals surface area contributed by atoms with Crippen molar-refractivity contribution in [2.75, 3.05) is 0 Å². The van der Waals surface area contributed by atoms with Crippen LogP contribution in [0, 0.1) is 11.8 Å². The van der Waals surface area contributed by atoms with Crippen molar-refractivity contribution in [3.8, 4) is 0 Å². The molecule has 0 aliphatic heterocycles. The molecule has 1 nitrogen and oxygen atoms in total. The number of rotatable bonds is 2. The summed E-state index contributed by atoms with van der Waals surface area (Å²) in [6.07, 6.45) is 3.57. The molecule has 0 unspecified atom stereocenters. The van der Waals surface area contributed by atoms with E-state index in [4.69, 9.17) is 0 Å². The minimum absolute atomic E-state index is 0.389. The molecule has 1 aliphatic rings. The van der Waals surface area contributed by atoms with E-state index < -0.39 is 0 Å². The third kappa shape index (κ3) is 1.32. The second kappa shape index (κ2) is 2.51. The van der Waals surface area contributed by atoms with Crippen molar-refractivity contribution in [1.82, 2.24) is 0 Å². The SMILES string of the molecule is CC[C@H]1C[C@H](C(C)=O)C1. The molecule has 0 N–H and O–H groups in total. The molecule has 0 bridgehead atoms. The van der Waals surface area contributed by atoms with E-state index in [0.29, 0.717) is 11.7 Å². The highest BCUT2D eigenvalue weighted by molar-refractivity contribution is 5.79. The van der Waals surface area contributed by atoms with Gasteiger partial charge in [-0.25, -0.2) is 0 Å². The van der Waals surface area contributed by atoms with Gasteiger partial charge in [0.1, 0.15) is 5.78 Å². The zero-order chi connectivity index (χ0) is 6.85. The number of ketones is 1. The van der Waals surface area contributed by atoms with E-state index >= 15 is 0 Å². The highest BCUT2D eigenvalue weighted by Crippen LogP contribution is 2.35. The van der Waals surface area contributed by atoms with Gasteiger partial charge in [-0.3, -0.25) is 4.79 Å². The van der Waals surface area contributed by atoms with E-state index in [-0.39, 0.29) is 0 Å². The third-order valence-corrected chi connectivity index (χ3v) is 2.39. The number of Topliss-reactive ketones (excluding diaryl/α,β-unsaturated/α-hetero) is 1. The van der Waals surface area contributed by atoms with Crippen molar-refractivity contribution in [2.45, 2.75) is 33.1 Å². The first-order valence-electron chi connectivity index (χ1n) is 3.74. The average Bonchev–Trinajstić information content (AvgIpc) is 1.61. The molecule has 0 saturated heterocycles. The lowest BCUT2D eigenvalue weighted by Crippen LogP contribution is -2.28. The van der Waals surface area contributed by atoms with Crippen molar-refractivity contribution < 1.29 is 4.79 Å². The quantitative estimate of drug-likeness (QED) is 0.553. The fourth-order valence-corrected chi connectivity index (χ4v) is 1.40. The lowest BCUT2D eigenvalue weighted by Gasteiger charge is -2.32. The van der Waals surface area contributed by atoms with E-state index in [0.717, 1.165) is 18.8 Å². The van der Waals surface area contributed by atoms with Gasteiger partial charge in [0.15, 0.2) is 0 Å². The zero-order valence-corrected chi connectivity index (χ0v) is 6.18. The lowest BCUT2D eigenvalue weighted by molar-refractivity contribution is -0.124. The summed E-state index contributed by atoms with van der Waals surface area (Å²) >= 11 is 0. The molecule has 1 saturated carbocycles. The van der Waals surface area contributed by atoms with Crippen molar-refractivity contribution in [2.24, 2.45) is 11.8 Å². The van der Waals surface area contributed by atoms with Crippen molar-refractivity contribution in [3.63, 3.8) is 0 Å².